The Kier molecular flexibility index (Phi) is 3.88. The van der Waals surface area contributed by atoms with Crippen LogP contribution in [0.2, 0.25) is 5.02 Å². The van der Waals surface area contributed by atoms with Gasteiger partial charge in [-0.1, -0.05) is 37.1 Å². The van der Waals surface area contributed by atoms with Crippen LogP contribution in [0, 0.1) is 5.41 Å². The number of hydrogen-bond donors (Lipinski definition) is 1. The Morgan fingerprint density at radius 2 is 2.19 bits per heavy atom. The van der Waals surface area contributed by atoms with E-state index >= 15 is 0 Å². The minimum atomic E-state index is 0.596. The lowest BCUT2D eigenvalue weighted by atomic mass is 9.67. The zero-order valence-electron chi connectivity index (χ0n) is 9.93. The van der Waals surface area contributed by atoms with Gasteiger partial charge in [0.05, 0.1) is 0 Å². The summed E-state index contributed by atoms with van der Waals surface area (Å²) in [5.74, 6) is 0. The summed E-state index contributed by atoms with van der Waals surface area (Å²) < 4.78 is 0. The van der Waals surface area contributed by atoms with Crippen molar-refractivity contribution in [3.8, 4) is 0 Å². The van der Waals surface area contributed by atoms with Crippen LogP contribution in [0.4, 0.5) is 0 Å². The molecule has 0 bridgehead atoms. The molecule has 1 nitrogen and oxygen atoms in total. The molecule has 0 saturated heterocycles. The van der Waals surface area contributed by atoms with Crippen molar-refractivity contribution in [1.29, 1.82) is 0 Å². The lowest BCUT2D eigenvalue weighted by Crippen LogP contribution is -2.39. The summed E-state index contributed by atoms with van der Waals surface area (Å²) >= 11 is 5.95. The molecule has 0 aliphatic heterocycles. The maximum Gasteiger partial charge on any atom is 0.0409 e. The molecule has 1 N–H and O–H groups in total. The fraction of sp³-hybridized carbons (Fsp3) is 0.571. The average Bonchev–Trinajstić information content (AvgIpc) is 2.22. The second-order valence-electron chi connectivity index (χ2n) is 4.94. The third-order valence-corrected chi connectivity index (χ3v) is 4.12. The first-order valence-corrected chi connectivity index (χ1v) is 6.57. The molecule has 0 atom stereocenters. The van der Waals surface area contributed by atoms with Crippen LogP contribution >= 0.6 is 11.6 Å². The Balaban J connectivity index is 1.79. The van der Waals surface area contributed by atoms with Crippen LogP contribution in [0.3, 0.4) is 0 Å². The molecule has 1 aromatic carbocycles. The van der Waals surface area contributed by atoms with Crippen LogP contribution in [-0.2, 0) is 6.54 Å². The molecule has 1 fully saturated rings. The molecule has 0 amide bonds. The Morgan fingerprint density at radius 1 is 1.38 bits per heavy atom. The molecular weight excluding hydrogens is 218 g/mol. The first-order valence-electron chi connectivity index (χ1n) is 6.19. The number of halogens is 1. The molecule has 88 valence electrons. The molecule has 0 unspecified atom stereocenters. The second-order valence-corrected chi connectivity index (χ2v) is 5.38. The maximum absolute atomic E-state index is 5.95. The fourth-order valence-electron chi connectivity index (χ4n) is 2.45. The summed E-state index contributed by atoms with van der Waals surface area (Å²) in [5, 5.41) is 4.39. The van der Waals surface area contributed by atoms with Crippen molar-refractivity contribution >= 4 is 11.6 Å². The summed E-state index contributed by atoms with van der Waals surface area (Å²) in [7, 11) is 0. The SMILES string of the molecule is CCC1(CNCc2cccc(Cl)c2)CCC1. The zero-order valence-corrected chi connectivity index (χ0v) is 10.7. The van der Waals surface area contributed by atoms with E-state index in [4.69, 9.17) is 11.6 Å². The molecule has 16 heavy (non-hydrogen) atoms. The van der Waals surface area contributed by atoms with Gasteiger partial charge in [0.15, 0.2) is 0 Å². The number of rotatable bonds is 5. The van der Waals surface area contributed by atoms with Crippen LogP contribution in [0.5, 0.6) is 0 Å². The van der Waals surface area contributed by atoms with Crippen molar-refractivity contribution < 1.29 is 0 Å². The zero-order chi connectivity index (χ0) is 11.4. The highest BCUT2D eigenvalue weighted by molar-refractivity contribution is 6.30. The lowest BCUT2D eigenvalue weighted by Gasteiger charge is -2.41. The predicted molar refractivity (Wildman–Crippen MR) is 69.7 cm³/mol. The molecule has 0 spiro atoms. The van der Waals surface area contributed by atoms with Crippen LogP contribution in [-0.4, -0.2) is 6.54 Å². The first-order chi connectivity index (χ1) is 7.74. The average molecular weight is 238 g/mol. The fourth-order valence-corrected chi connectivity index (χ4v) is 2.66. The third kappa shape index (κ3) is 2.78. The van der Waals surface area contributed by atoms with E-state index in [1.54, 1.807) is 0 Å². The molecule has 1 aliphatic carbocycles. The molecule has 0 radical (unpaired) electrons. The van der Waals surface area contributed by atoms with E-state index in [1.807, 2.05) is 18.2 Å². The van der Waals surface area contributed by atoms with Gasteiger partial charge in [-0.3, -0.25) is 0 Å². The summed E-state index contributed by atoms with van der Waals surface area (Å²) in [6, 6.07) is 8.09. The van der Waals surface area contributed by atoms with Crippen molar-refractivity contribution in [3.63, 3.8) is 0 Å². The van der Waals surface area contributed by atoms with E-state index < -0.39 is 0 Å². The number of nitrogens with one attached hydrogen (secondary N) is 1. The van der Waals surface area contributed by atoms with Gasteiger partial charge >= 0.3 is 0 Å². The van der Waals surface area contributed by atoms with E-state index in [0.717, 1.165) is 18.1 Å². The van der Waals surface area contributed by atoms with Crippen LogP contribution in [0.25, 0.3) is 0 Å². The summed E-state index contributed by atoms with van der Waals surface area (Å²) in [4.78, 5) is 0. The normalized spacial score (nSPS) is 18.1. The molecule has 2 heteroatoms. The minimum Gasteiger partial charge on any atom is -0.312 e. The Labute approximate surface area is 103 Å². The minimum absolute atomic E-state index is 0.596. The standard InChI is InChI=1S/C14H20ClN/c1-2-14(7-4-8-14)11-16-10-12-5-3-6-13(15)9-12/h3,5-6,9,16H,2,4,7-8,10-11H2,1H3. The Hall–Kier alpha value is -0.530. The maximum atomic E-state index is 5.95. The third-order valence-electron chi connectivity index (χ3n) is 3.88. The molecule has 1 aromatic rings. The van der Waals surface area contributed by atoms with Gasteiger partial charge in [-0.25, -0.2) is 0 Å². The van der Waals surface area contributed by atoms with Crippen molar-refractivity contribution in [1.82, 2.24) is 5.32 Å². The molecule has 2 rings (SSSR count). The highest BCUT2D eigenvalue weighted by Crippen LogP contribution is 2.43. The van der Waals surface area contributed by atoms with Gasteiger partial charge in [0, 0.05) is 18.1 Å². The van der Waals surface area contributed by atoms with E-state index in [0.29, 0.717) is 5.41 Å². The van der Waals surface area contributed by atoms with E-state index in [9.17, 15) is 0 Å². The van der Waals surface area contributed by atoms with Gasteiger partial charge in [0.1, 0.15) is 0 Å². The topological polar surface area (TPSA) is 12.0 Å². The lowest BCUT2D eigenvalue weighted by molar-refractivity contribution is 0.124. The van der Waals surface area contributed by atoms with Crippen LogP contribution < -0.4 is 5.32 Å². The molecule has 0 aromatic heterocycles. The van der Waals surface area contributed by atoms with Gasteiger partial charge in [-0.15, -0.1) is 0 Å². The van der Waals surface area contributed by atoms with Gasteiger partial charge < -0.3 is 5.32 Å². The highest BCUT2D eigenvalue weighted by atomic mass is 35.5. The molecule has 0 heterocycles. The summed E-state index contributed by atoms with van der Waals surface area (Å²) in [6.45, 7) is 4.39. The van der Waals surface area contributed by atoms with E-state index in [1.165, 1.54) is 31.2 Å². The summed E-state index contributed by atoms with van der Waals surface area (Å²) in [6.07, 6.45) is 5.50. The van der Waals surface area contributed by atoms with Crippen molar-refractivity contribution in [2.24, 2.45) is 5.41 Å². The number of benzene rings is 1. The first kappa shape index (κ1) is 11.9. The Morgan fingerprint density at radius 3 is 2.75 bits per heavy atom. The van der Waals surface area contributed by atoms with E-state index in [-0.39, 0.29) is 0 Å². The quantitative estimate of drug-likeness (QED) is 0.816. The van der Waals surface area contributed by atoms with E-state index in [2.05, 4.69) is 18.3 Å². The van der Waals surface area contributed by atoms with Gasteiger partial charge in [0.25, 0.3) is 0 Å². The summed E-state index contributed by atoms with van der Waals surface area (Å²) in [5.41, 5.74) is 1.87. The second kappa shape index (κ2) is 5.20. The van der Waals surface area contributed by atoms with Gasteiger partial charge in [-0.2, -0.15) is 0 Å². The largest absolute Gasteiger partial charge is 0.312 e. The highest BCUT2D eigenvalue weighted by Gasteiger charge is 2.34. The molecular formula is C14H20ClN. The predicted octanol–water partition coefficient (Wildman–Crippen LogP) is 4.01. The van der Waals surface area contributed by atoms with Crippen LogP contribution in [0.15, 0.2) is 24.3 Å². The van der Waals surface area contributed by atoms with Crippen molar-refractivity contribution in [2.75, 3.05) is 6.54 Å². The monoisotopic (exact) mass is 237 g/mol. The van der Waals surface area contributed by atoms with Gasteiger partial charge in [-0.05, 0) is 42.4 Å². The van der Waals surface area contributed by atoms with Gasteiger partial charge in [0.2, 0.25) is 0 Å². The Bertz CT molecular complexity index is 339. The van der Waals surface area contributed by atoms with Crippen molar-refractivity contribution in [3.05, 3.63) is 34.9 Å². The van der Waals surface area contributed by atoms with Crippen LogP contribution in [0.1, 0.15) is 38.2 Å². The number of hydrogen-bond acceptors (Lipinski definition) is 1. The molecule has 1 saturated carbocycles. The van der Waals surface area contributed by atoms with Crippen molar-refractivity contribution in [2.45, 2.75) is 39.2 Å². The smallest absolute Gasteiger partial charge is 0.0409 e. The molecule has 1 aliphatic rings.